The van der Waals surface area contributed by atoms with Gasteiger partial charge in [-0.05, 0) is 45.7 Å². The summed E-state index contributed by atoms with van der Waals surface area (Å²) in [6.07, 6.45) is 2.51. The summed E-state index contributed by atoms with van der Waals surface area (Å²) >= 11 is 0. The summed E-state index contributed by atoms with van der Waals surface area (Å²) in [7, 11) is 0. The van der Waals surface area contributed by atoms with Crippen molar-refractivity contribution in [1.29, 1.82) is 0 Å². The van der Waals surface area contributed by atoms with E-state index in [1.807, 2.05) is 18.7 Å². The molecule has 0 saturated carbocycles. The van der Waals surface area contributed by atoms with Gasteiger partial charge in [-0.15, -0.1) is 0 Å². The van der Waals surface area contributed by atoms with Crippen molar-refractivity contribution < 1.29 is 4.79 Å². The molecule has 1 unspecified atom stereocenters. The largest absolute Gasteiger partial charge is 0.334 e. The third-order valence-electron chi connectivity index (χ3n) is 4.02. The first kappa shape index (κ1) is 11.7. The Balaban J connectivity index is 1.87. The normalized spacial score (nSPS) is 32.5. The minimum Gasteiger partial charge on any atom is -0.334 e. The zero-order chi connectivity index (χ0) is 11.5. The van der Waals surface area contributed by atoms with Gasteiger partial charge < -0.3 is 15.1 Å². The highest BCUT2D eigenvalue weighted by molar-refractivity contribution is 5.74. The van der Waals surface area contributed by atoms with Gasteiger partial charge in [0.1, 0.15) is 0 Å². The second-order valence-electron chi connectivity index (χ2n) is 4.87. The molecule has 4 heteroatoms. The first-order valence-electron chi connectivity index (χ1n) is 6.52. The topological polar surface area (TPSA) is 35.6 Å². The number of nitrogens with zero attached hydrogens (tertiary/aromatic N) is 2. The SMILES string of the molecule is CCN(CC)C(=O)NC1CN2CCC1CC2. The van der Waals surface area contributed by atoms with Crippen LogP contribution < -0.4 is 5.32 Å². The Morgan fingerprint density at radius 1 is 1.31 bits per heavy atom. The van der Waals surface area contributed by atoms with Crippen LogP contribution in [0.3, 0.4) is 0 Å². The number of piperidine rings is 3. The molecule has 16 heavy (non-hydrogen) atoms. The number of hydrogen-bond donors (Lipinski definition) is 1. The molecule has 0 aliphatic carbocycles. The monoisotopic (exact) mass is 225 g/mol. The number of fused-ring (bicyclic) bond motifs is 3. The van der Waals surface area contributed by atoms with Crippen molar-refractivity contribution in [2.24, 2.45) is 5.92 Å². The van der Waals surface area contributed by atoms with Gasteiger partial charge in [0, 0.05) is 25.7 Å². The number of urea groups is 1. The van der Waals surface area contributed by atoms with Gasteiger partial charge in [-0.2, -0.15) is 0 Å². The van der Waals surface area contributed by atoms with Gasteiger partial charge in [-0.1, -0.05) is 0 Å². The molecule has 2 bridgehead atoms. The molecule has 2 amide bonds. The smallest absolute Gasteiger partial charge is 0.317 e. The molecule has 0 aromatic heterocycles. The molecule has 3 heterocycles. The van der Waals surface area contributed by atoms with Gasteiger partial charge >= 0.3 is 6.03 Å². The fourth-order valence-corrected chi connectivity index (χ4v) is 2.89. The van der Waals surface area contributed by atoms with Crippen LogP contribution in [-0.4, -0.2) is 54.6 Å². The Morgan fingerprint density at radius 3 is 2.38 bits per heavy atom. The second kappa shape index (κ2) is 5.04. The van der Waals surface area contributed by atoms with E-state index in [0.717, 1.165) is 19.6 Å². The lowest BCUT2D eigenvalue weighted by Crippen LogP contribution is -2.59. The molecule has 3 rings (SSSR count). The number of nitrogens with one attached hydrogen (secondary N) is 1. The summed E-state index contributed by atoms with van der Waals surface area (Å²) in [4.78, 5) is 16.3. The molecular formula is C12H23N3O. The molecular weight excluding hydrogens is 202 g/mol. The molecule has 3 aliphatic rings. The number of carbonyl (C=O) groups is 1. The van der Waals surface area contributed by atoms with Crippen molar-refractivity contribution in [3.63, 3.8) is 0 Å². The average molecular weight is 225 g/mol. The first-order chi connectivity index (χ1) is 7.74. The molecule has 0 aromatic carbocycles. The van der Waals surface area contributed by atoms with Gasteiger partial charge in [-0.25, -0.2) is 4.79 Å². The standard InChI is InChI=1S/C12H23N3O/c1-3-15(4-2)12(16)13-11-9-14-7-5-10(11)6-8-14/h10-11H,3-9H2,1-2H3,(H,13,16). The summed E-state index contributed by atoms with van der Waals surface area (Å²) in [5.41, 5.74) is 0. The fraction of sp³-hybridized carbons (Fsp3) is 0.917. The maximum absolute atomic E-state index is 11.9. The maximum Gasteiger partial charge on any atom is 0.317 e. The third kappa shape index (κ3) is 2.32. The van der Waals surface area contributed by atoms with Crippen molar-refractivity contribution in [2.45, 2.75) is 32.7 Å². The van der Waals surface area contributed by atoms with Crippen molar-refractivity contribution in [3.8, 4) is 0 Å². The van der Waals surface area contributed by atoms with Crippen LogP contribution in [0.5, 0.6) is 0 Å². The van der Waals surface area contributed by atoms with Crippen molar-refractivity contribution in [3.05, 3.63) is 0 Å². The van der Waals surface area contributed by atoms with Crippen molar-refractivity contribution in [2.75, 3.05) is 32.7 Å². The van der Waals surface area contributed by atoms with E-state index in [9.17, 15) is 4.79 Å². The lowest BCUT2D eigenvalue weighted by molar-refractivity contribution is 0.0733. The van der Waals surface area contributed by atoms with Crippen molar-refractivity contribution in [1.82, 2.24) is 15.1 Å². The lowest BCUT2D eigenvalue weighted by atomic mass is 9.84. The van der Waals surface area contributed by atoms with Gasteiger partial charge in [0.05, 0.1) is 0 Å². The molecule has 1 atom stereocenters. The summed E-state index contributed by atoms with van der Waals surface area (Å²) < 4.78 is 0. The minimum absolute atomic E-state index is 0.115. The van der Waals surface area contributed by atoms with Crippen LogP contribution in [0.15, 0.2) is 0 Å². The molecule has 3 aliphatic heterocycles. The second-order valence-corrected chi connectivity index (χ2v) is 4.87. The minimum atomic E-state index is 0.115. The van der Waals surface area contributed by atoms with E-state index in [4.69, 9.17) is 0 Å². The van der Waals surface area contributed by atoms with E-state index in [-0.39, 0.29) is 6.03 Å². The molecule has 4 nitrogen and oxygen atoms in total. The van der Waals surface area contributed by atoms with E-state index >= 15 is 0 Å². The van der Waals surface area contributed by atoms with Gasteiger partial charge in [0.15, 0.2) is 0 Å². The van der Waals surface area contributed by atoms with E-state index in [1.165, 1.54) is 25.9 Å². The number of rotatable bonds is 3. The lowest BCUT2D eigenvalue weighted by Gasteiger charge is -2.45. The Labute approximate surface area is 98.0 Å². The van der Waals surface area contributed by atoms with Crippen LogP contribution in [0, 0.1) is 5.92 Å². The summed E-state index contributed by atoms with van der Waals surface area (Å²) in [5, 5.41) is 3.20. The highest BCUT2D eigenvalue weighted by atomic mass is 16.2. The molecule has 0 radical (unpaired) electrons. The number of carbonyl (C=O) groups excluding carboxylic acids is 1. The van der Waals surface area contributed by atoms with Gasteiger partial charge in [0.25, 0.3) is 0 Å². The summed E-state index contributed by atoms with van der Waals surface area (Å²) in [6, 6.07) is 0.499. The zero-order valence-electron chi connectivity index (χ0n) is 10.4. The van der Waals surface area contributed by atoms with E-state index in [0.29, 0.717) is 12.0 Å². The van der Waals surface area contributed by atoms with Gasteiger partial charge in [0.2, 0.25) is 0 Å². The van der Waals surface area contributed by atoms with Crippen LogP contribution in [0.4, 0.5) is 4.79 Å². The number of hydrogen-bond acceptors (Lipinski definition) is 2. The van der Waals surface area contributed by atoms with Crippen LogP contribution in [0.1, 0.15) is 26.7 Å². The highest BCUT2D eigenvalue weighted by Gasteiger charge is 2.35. The van der Waals surface area contributed by atoms with Crippen LogP contribution in [-0.2, 0) is 0 Å². The summed E-state index contributed by atoms with van der Waals surface area (Å²) in [6.45, 7) is 9.15. The quantitative estimate of drug-likeness (QED) is 0.781. The zero-order valence-corrected chi connectivity index (χ0v) is 10.4. The van der Waals surface area contributed by atoms with Gasteiger partial charge in [-0.3, -0.25) is 0 Å². The molecule has 92 valence electrons. The molecule has 1 N–H and O–H groups in total. The highest BCUT2D eigenvalue weighted by Crippen LogP contribution is 2.27. The average Bonchev–Trinajstić information content (AvgIpc) is 2.32. The Bertz CT molecular complexity index is 245. The van der Waals surface area contributed by atoms with Crippen LogP contribution in [0.25, 0.3) is 0 Å². The Kier molecular flexibility index (Phi) is 3.69. The molecule has 3 fully saturated rings. The first-order valence-corrected chi connectivity index (χ1v) is 6.52. The molecule has 0 aromatic rings. The summed E-state index contributed by atoms with van der Waals surface area (Å²) in [5.74, 6) is 0.713. The number of amides is 2. The fourth-order valence-electron chi connectivity index (χ4n) is 2.89. The molecule has 3 saturated heterocycles. The van der Waals surface area contributed by atoms with Crippen LogP contribution >= 0.6 is 0 Å². The van der Waals surface area contributed by atoms with E-state index in [1.54, 1.807) is 0 Å². The predicted octanol–water partition coefficient (Wildman–Crippen LogP) is 1.13. The maximum atomic E-state index is 11.9. The van der Waals surface area contributed by atoms with E-state index < -0.39 is 0 Å². The van der Waals surface area contributed by atoms with E-state index in [2.05, 4.69) is 10.2 Å². The predicted molar refractivity (Wildman–Crippen MR) is 64.4 cm³/mol. The Morgan fingerprint density at radius 2 is 1.94 bits per heavy atom. The van der Waals surface area contributed by atoms with Crippen molar-refractivity contribution >= 4 is 6.03 Å². The van der Waals surface area contributed by atoms with Crippen LogP contribution in [0.2, 0.25) is 0 Å². The molecule has 0 spiro atoms. The Hall–Kier alpha value is -0.770. The third-order valence-corrected chi connectivity index (χ3v) is 4.02.